The average Bonchev–Trinajstić information content (AvgIpc) is 3.81. The van der Waals surface area contributed by atoms with Crippen LogP contribution < -0.4 is 0 Å². The minimum atomic E-state index is -0.0252. The van der Waals surface area contributed by atoms with Crippen LogP contribution in [0, 0.1) is 0 Å². The Morgan fingerprint density at radius 3 is 1.66 bits per heavy atom. The Morgan fingerprint density at radius 1 is 0.358 bits per heavy atom. The van der Waals surface area contributed by atoms with Gasteiger partial charge in [-0.1, -0.05) is 147 Å². The highest BCUT2D eigenvalue weighted by Gasteiger charge is 2.35. The van der Waals surface area contributed by atoms with Gasteiger partial charge in [0.05, 0.1) is 22.1 Å². The van der Waals surface area contributed by atoms with Crippen LogP contribution in [0.4, 0.5) is 0 Å². The first-order chi connectivity index (χ1) is 26.1. The first-order valence-corrected chi connectivity index (χ1v) is 18.5. The van der Waals surface area contributed by atoms with Gasteiger partial charge in [0.1, 0.15) is 0 Å². The van der Waals surface area contributed by atoms with Crippen molar-refractivity contribution in [2.24, 2.45) is 0 Å². The highest BCUT2D eigenvalue weighted by Crippen LogP contribution is 2.49. The van der Waals surface area contributed by atoms with E-state index in [1.54, 1.807) is 0 Å². The number of aromatic nitrogens is 2. The van der Waals surface area contributed by atoms with E-state index in [9.17, 15) is 0 Å². The van der Waals surface area contributed by atoms with Crippen LogP contribution in [-0.4, -0.2) is 9.13 Å². The summed E-state index contributed by atoms with van der Waals surface area (Å²) < 4.78 is 4.91. The molecule has 2 heterocycles. The number of fused-ring (bicyclic) bond motifs is 10. The maximum absolute atomic E-state index is 2.47. The summed E-state index contributed by atoms with van der Waals surface area (Å²) in [5.41, 5.74) is 17.6. The summed E-state index contributed by atoms with van der Waals surface area (Å²) in [4.78, 5) is 0. The summed E-state index contributed by atoms with van der Waals surface area (Å²) >= 11 is 0. The molecule has 1 aliphatic rings. The Bertz CT molecular complexity index is 3050. The summed E-state index contributed by atoms with van der Waals surface area (Å²) in [5.74, 6) is 0. The zero-order valence-corrected chi connectivity index (χ0v) is 29.7. The Morgan fingerprint density at radius 2 is 0.906 bits per heavy atom. The van der Waals surface area contributed by atoms with Crippen LogP contribution in [-0.2, 0) is 5.41 Å². The van der Waals surface area contributed by atoms with E-state index in [0.29, 0.717) is 0 Å². The molecule has 0 unspecified atom stereocenters. The Labute approximate surface area is 308 Å². The Balaban J connectivity index is 1.08. The van der Waals surface area contributed by atoms with Gasteiger partial charge >= 0.3 is 0 Å². The van der Waals surface area contributed by atoms with E-state index >= 15 is 0 Å². The fourth-order valence-electron chi connectivity index (χ4n) is 9.18. The zero-order chi connectivity index (χ0) is 35.3. The third kappa shape index (κ3) is 4.33. The number of hydrogen-bond donors (Lipinski definition) is 0. The molecule has 0 fully saturated rings. The second-order valence-electron chi connectivity index (χ2n) is 15.0. The van der Waals surface area contributed by atoms with Crippen molar-refractivity contribution in [3.05, 3.63) is 193 Å². The van der Waals surface area contributed by atoms with Gasteiger partial charge in [-0.15, -0.1) is 0 Å². The van der Waals surface area contributed by atoms with Crippen molar-refractivity contribution in [3.63, 3.8) is 0 Å². The van der Waals surface area contributed by atoms with Crippen molar-refractivity contribution in [2.75, 3.05) is 0 Å². The van der Waals surface area contributed by atoms with Crippen molar-refractivity contribution in [1.82, 2.24) is 9.13 Å². The molecule has 0 saturated heterocycles. The SMILES string of the molecule is CC1(C)c2ccccc2-c2ccc(-c3ccc(-n4c5ccccc5c5c4ccc4c6ccccc6n(-c6ccc(-c7ccccc7)cc6)c45)cc3)cc21. The minimum Gasteiger partial charge on any atom is -0.309 e. The van der Waals surface area contributed by atoms with Crippen molar-refractivity contribution < 1.29 is 0 Å². The normalized spacial score (nSPS) is 13.2. The molecule has 0 atom stereocenters. The largest absolute Gasteiger partial charge is 0.309 e. The summed E-state index contributed by atoms with van der Waals surface area (Å²) in [6.07, 6.45) is 0. The molecular weight excluding hydrogens is 641 g/mol. The highest BCUT2D eigenvalue weighted by atomic mass is 15.0. The van der Waals surface area contributed by atoms with E-state index in [1.807, 2.05) is 0 Å². The first-order valence-electron chi connectivity index (χ1n) is 18.5. The monoisotopic (exact) mass is 676 g/mol. The van der Waals surface area contributed by atoms with Gasteiger partial charge in [-0.25, -0.2) is 0 Å². The maximum Gasteiger partial charge on any atom is 0.0641 e. The Kier molecular flexibility index (Phi) is 6.33. The van der Waals surface area contributed by atoms with Gasteiger partial charge in [0, 0.05) is 38.3 Å². The summed E-state index contributed by atoms with van der Waals surface area (Å²) in [5, 5.41) is 5.05. The molecular formula is C51H36N2. The topological polar surface area (TPSA) is 9.86 Å². The highest BCUT2D eigenvalue weighted by molar-refractivity contribution is 6.26. The van der Waals surface area contributed by atoms with Crippen LogP contribution in [0.15, 0.2) is 182 Å². The van der Waals surface area contributed by atoms with E-state index in [4.69, 9.17) is 0 Å². The molecule has 11 rings (SSSR count). The maximum atomic E-state index is 2.47. The second-order valence-corrected chi connectivity index (χ2v) is 15.0. The molecule has 0 amide bonds. The molecule has 0 radical (unpaired) electrons. The molecule has 2 heteroatoms. The van der Waals surface area contributed by atoms with Crippen LogP contribution in [0.5, 0.6) is 0 Å². The van der Waals surface area contributed by atoms with Gasteiger partial charge in [0.25, 0.3) is 0 Å². The van der Waals surface area contributed by atoms with E-state index in [1.165, 1.54) is 88.1 Å². The van der Waals surface area contributed by atoms with E-state index < -0.39 is 0 Å². The van der Waals surface area contributed by atoms with E-state index in [0.717, 1.165) is 11.4 Å². The minimum absolute atomic E-state index is 0.0252. The molecule has 53 heavy (non-hydrogen) atoms. The number of benzene rings is 8. The number of hydrogen-bond acceptors (Lipinski definition) is 0. The van der Waals surface area contributed by atoms with Crippen LogP contribution in [0.25, 0.3) is 88.4 Å². The summed E-state index contributed by atoms with van der Waals surface area (Å²) in [6.45, 7) is 4.70. The third-order valence-corrected chi connectivity index (χ3v) is 11.7. The van der Waals surface area contributed by atoms with Crippen LogP contribution in [0.1, 0.15) is 25.0 Å². The van der Waals surface area contributed by atoms with E-state index in [2.05, 4.69) is 205 Å². The lowest BCUT2D eigenvalue weighted by molar-refractivity contribution is 0.660. The molecule has 0 aliphatic heterocycles. The zero-order valence-electron chi connectivity index (χ0n) is 29.7. The van der Waals surface area contributed by atoms with Crippen LogP contribution in [0.3, 0.4) is 0 Å². The molecule has 2 aromatic heterocycles. The second kappa shape index (κ2) is 11.2. The van der Waals surface area contributed by atoms with Gasteiger partial charge in [-0.3, -0.25) is 0 Å². The lowest BCUT2D eigenvalue weighted by atomic mass is 9.81. The fourth-order valence-corrected chi connectivity index (χ4v) is 9.18. The molecule has 2 nitrogen and oxygen atoms in total. The van der Waals surface area contributed by atoms with Gasteiger partial charge < -0.3 is 9.13 Å². The molecule has 10 aromatic rings. The fraction of sp³-hybridized carbons (Fsp3) is 0.0588. The third-order valence-electron chi connectivity index (χ3n) is 11.7. The molecule has 1 aliphatic carbocycles. The van der Waals surface area contributed by atoms with Crippen LogP contribution in [0.2, 0.25) is 0 Å². The number of nitrogens with zero attached hydrogens (tertiary/aromatic N) is 2. The van der Waals surface area contributed by atoms with Crippen molar-refractivity contribution in [2.45, 2.75) is 19.3 Å². The number of rotatable bonds is 4. The average molecular weight is 677 g/mol. The first kappa shape index (κ1) is 30.0. The molecule has 250 valence electrons. The van der Waals surface area contributed by atoms with Gasteiger partial charge in [-0.05, 0) is 93.0 Å². The predicted octanol–water partition coefficient (Wildman–Crippen LogP) is 13.5. The van der Waals surface area contributed by atoms with Gasteiger partial charge in [0.2, 0.25) is 0 Å². The quantitative estimate of drug-likeness (QED) is 0.176. The molecule has 0 spiro atoms. The molecule has 8 aromatic carbocycles. The van der Waals surface area contributed by atoms with E-state index in [-0.39, 0.29) is 5.41 Å². The summed E-state index contributed by atoms with van der Waals surface area (Å²) in [7, 11) is 0. The lowest BCUT2D eigenvalue weighted by Crippen LogP contribution is -2.14. The lowest BCUT2D eigenvalue weighted by Gasteiger charge is -2.22. The van der Waals surface area contributed by atoms with Gasteiger partial charge in [-0.2, -0.15) is 0 Å². The standard InChI is InChI=1S/C51H36N2/c1-51(2)44-17-9-6-14-39(44)40-29-24-36(32-45(40)51)35-22-25-37(26-23-35)52-47-19-11-8-16-43(47)49-48(52)31-30-42-41-15-7-10-18-46(41)53(50(42)49)38-27-20-34(21-28-38)33-12-4-3-5-13-33/h3-32H,1-2H3. The molecule has 0 N–H and O–H groups in total. The number of para-hydroxylation sites is 2. The summed E-state index contributed by atoms with van der Waals surface area (Å²) in [6, 6.07) is 67.0. The molecule has 0 saturated carbocycles. The van der Waals surface area contributed by atoms with Crippen molar-refractivity contribution >= 4 is 43.6 Å². The Hall–Kier alpha value is -6.64. The van der Waals surface area contributed by atoms with Crippen molar-refractivity contribution in [3.8, 4) is 44.8 Å². The van der Waals surface area contributed by atoms with Crippen molar-refractivity contribution in [1.29, 1.82) is 0 Å². The predicted molar refractivity (Wildman–Crippen MR) is 224 cm³/mol. The smallest absolute Gasteiger partial charge is 0.0641 e. The van der Waals surface area contributed by atoms with Gasteiger partial charge in [0.15, 0.2) is 0 Å². The van der Waals surface area contributed by atoms with Crippen LogP contribution >= 0.6 is 0 Å². The molecule has 0 bridgehead atoms.